The third kappa shape index (κ3) is 179. The molecule has 0 saturated heterocycles. The van der Waals surface area contributed by atoms with Gasteiger partial charge in [-0.3, -0.25) is 9.59 Å². The molecule has 0 aromatic heterocycles. The van der Waals surface area contributed by atoms with Crippen molar-refractivity contribution in [1.29, 1.82) is 0 Å². The number of carboxylic acids is 2. The van der Waals surface area contributed by atoms with Crippen molar-refractivity contribution in [3.63, 3.8) is 0 Å². The Balaban J connectivity index is -0.0000000141. The zero-order valence-electron chi connectivity index (χ0n) is 18.5. The van der Waals surface area contributed by atoms with E-state index in [9.17, 15) is 14.7 Å². The van der Waals surface area contributed by atoms with Crippen LogP contribution in [0.3, 0.4) is 0 Å². The van der Waals surface area contributed by atoms with Crippen LogP contribution in [0, 0.1) is 0 Å². The molecule has 0 bridgehead atoms. The second-order valence-corrected chi connectivity index (χ2v) is 2.86. The minimum atomic E-state index is -1.06. The summed E-state index contributed by atoms with van der Waals surface area (Å²) in [5, 5.41) is 32.9. The zero-order valence-corrected chi connectivity index (χ0v) is 26.5. The van der Waals surface area contributed by atoms with Gasteiger partial charge in [-0.25, -0.2) is 0 Å². The molecule has 18 heteroatoms. The number of rotatable bonds is 8. The number of carbonyl (C=O) groups is 4. The Kier molecular flexibility index (Phi) is 222. The van der Waals surface area contributed by atoms with Gasteiger partial charge in [0.1, 0.15) is 0 Å². The molecule has 0 spiro atoms. The number of carbonyl (C=O) groups excluding carboxylic acids is 2. The SMILES string of the molecule is CCOCCC(=O)O.CCOCCC(=O)[O-].O.O.O=CO.O=C[O-].[Na+].[Na+].[Na+].[Na+].[OH-].[OH-]. The molecule has 0 radical (unpaired) electrons. The Morgan fingerprint density at radius 1 is 0.867 bits per heavy atom. The molecule has 14 nitrogen and oxygen atoms in total. The van der Waals surface area contributed by atoms with Crippen molar-refractivity contribution in [2.75, 3.05) is 26.4 Å². The third-order valence-corrected chi connectivity index (χ3v) is 1.32. The van der Waals surface area contributed by atoms with E-state index in [2.05, 4.69) is 0 Å². The molecule has 0 fully saturated rings. The molecule has 0 saturated carbocycles. The van der Waals surface area contributed by atoms with Crippen molar-refractivity contribution in [3.8, 4) is 0 Å². The maximum atomic E-state index is 9.79. The predicted octanol–water partition coefficient (Wildman–Crippen LogP) is -16.3. The summed E-state index contributed by atoms with van der Waals surface area (Å²) in [4.78, 5) is 36.1. The summed E-state index contributed by atoms with van der Waals surface area (Å²) in [6.07, 6.45) is 0.0989. The topological polar surface area (TPSA) is 296 Å². The maximum absolute atomic E-state index is 9.79. The molecule has 0 aromatic carbocycles. The second kappa shape index (κ2) is 86.5. The summed E-state index contributed by atoms with van der Waals surface area (Å²) in [6.45, 7) is 4.64. The third-order valence-electron chi connectivity index (χ3n) is 1.32. The van der Waals surface area contributed by atoms with Crippen LogP contribution in [0.25, 0.3) is 0 Å². The van der Waals surface area contributed by atoms with Crippen LogP contribution in [0.2, 0.25) is 0 Å². The molecule has 0 amide bonds. The summed E-state index contributed by atoms with van der Waals surface area (Å²) in [6, 6.07) is 0. The van der Waals surface area contributed by atoms with Crippen molar-refractivity contribution >= 4 is 24.9 Å². The van der Waals surface area contributed by atoms with E-state index in [0.29, 0.717) is 19.8 Å². The number of aliphatic carboxylic acids is 2. The van der Waals surface area contributed by atoms with E-state index in [4.69, 9.17) is 34.4 Å². The van der Waals surface area contributed by atoms with E-state index in [0.717, 1.165) is 0 Å². The van der Waals surface area contributed by atoms with Crippen LogP contribution in [0.15, 0.2) is 0 Å². The van der Waals surface area contributed by atoms with Gasteiger partial charge in [-0.2, -0.15) is 0 Å². The molecule has 0 aromatic rings. The van der Waals surface area contributed by atoms with Gasteiger partial charge in [0.05, 0.1) is 19.6 Å². The second-order valence-electron chi connectivity index (χ2n) is 2.86. The first-order valence-corrected chi connectivity index (χ1v) is 6.08. The van der Waals surface area contributed by atoms with Gasteiger partial charge in [0.2, 0.25) is 0 Å². The normalized spacial score (nSPS) is 5.67. The molecular formula is C12H28Na4O14. The van der Waals surface area contributed by atoms with Crippen molar-refractivity contribution in [3.05, 3.63) is 0 Å². The number of hydrogen-bond acceptors (Lipinski definition) is 10. The van der Waals surface area contributed by atoms with E-state index in [1.807, 2.05) is 13.8 Å². The Labute approximate surface area is 263 Å². The Morgan fingerprint density at radius 3 is 1.27 bits per heavy atom. The number of ether oxygens (including phenoxy) is 2. The van der Waals surface area contributed by atoms with Gasteiger partial charge >= 0.3 is 124 Å². The van der Waals surface area contributed by atoms with Crippen LogP contribution in [-0.4, -0.2) is 83.4 Å². The Bertz CT molecular complexity index is 249. The fourth-order valence-corrected chi connectivity index (χ4v) is 0.604. The average molecular weight is 488 g/mol. The van der Waals surface area contributed by atoms with Crippen LogP contribution < -0.4 is 128 Å². The average Bonchev–Trinajstić information content (AvgIpc) is 2.41. The molecule has 0 rings (SSSR count). The van der Waals surface area contributed by atoms with Crippen molar-refractivity contribution < 1.29 is 189 Å². The molecule has 0 aliphatic heterocycles. The fraction of sp³-hybridized carbons (Fsp3) is 0.667. The molecule has 8 N–H and O–H groups in total. The van der Waals surface area contributed by atoms with E-state index >= 15 is 0 Å². The molecule has 30 heavy (non-hydrogen) atoms. The first-order chi connectivity index (χ1) is 10.4. The van der Waals surface area contributed by atoms with Gasteiger partial charge < -0.3 is 61.4 Å². The van der Waals surface area contributed by atoms with Crippen molar-refractivity contribution in [2.24, 2.45) is 0 Å². The molecule has 0 heterocycles. The summed E-state index contributed by atoms with van der Waals surface area (Å²) in [7, 11) is 0. The van der Waals surface area contributed by atoms with Crippen molar-refractivity contribution in [2.45, 2.75) is 26.7 Å². The van der Waals surface area contributed by atoms with Crippen LogP contribution in [0.5, 0.6) is 0 Å². The molecule has 0 aliphatic carbocycles. The Hall–Kier alpha value is 1.64. The fourth-order valence-electron chi connectivity index (χ4n) is 0.604. The zero-order chi connectivity index (χ0) is 18.2. The van der Waals surface area contributed by atoms with Crippen LogP contribution in [-0.2, 0) is 28.7 Å². The van der Waals surface area contributed by atoms with Gasteiger partial charge in [0, 0.05) is 32.1 Å². The van der Waals surface area contributed by atoms with Gasteiger partial charge in [-0.1, -0.05) is 0 Å². The molecule has 164 valence electrons. The Morgan fingerprint density at radius 2 is 1.10 bits per heavy atom. The summed E-state index contributed by atoms with van der Waals surface area (Å²) >= 11 is 0. The van der Waals surface area contributed by atoms with Crippen LogP contribution in [0.1, 0.15) is 26.7 Å². The van der Waals surface area contributed by atoms with E-state index < -0.39 is 18.4 Å². The standard InChI is InChI=1S/2C5H10O3.2CH2O2.4Na.4H2O/c2*1-2-8-4-3-5(6)7;2*2-1-3;;;;;;;;/h2*2-4H2,1H3,(H,6,7);2*1H,(H,2,3);;;;;4*1H2/q;;;;4*+1;;;;/p-4. The predicted molar refractivity (Wildman–Crippen MR) is 80.7 cm³/mol. The molecule has 0 unspecified atom stereocenters. The summed E-state index contributed by atoms with van der Waals surface area (Å²) in [5.41, 5.74) is 0. The minimum Gasteiger partial charge on any atom is -0.870 e. The van der Waals surface area contributed by atoms with Crippen LogP contribution >= 0.6 is 0 Å². The van der Waals surface area contributed by atoms with Gasteiger partial charge in [0.15, 0.2) is 0 Å². The van der Waals surface area contributed by atoms with Gasteiger partial charge in [-0.15, -0.1) is 0 Å². The van der Waals surface area contributed by atoms with E-state index in [1.54, 1.807) is 0 Å². The first kappa shape index (κ1) is 77.0. The minimum absolute atomic E-state index is 0. The first-order valence-electron chi connectivity index (χ1n) is 6.08. The molecule has 0 atom stereocenters. The smallest absolute Gasteiger partial charge is 0.870 e. The number of carboxylic acid groups (broad SMARTS) is 4. The number of hydrogen-bond donors (Lipinski definition) is 2. The maximum Gasteiger partial charge on any atom is 1.00 e. The monoisotopic (exact) mass is 488 g/mol. The quantitative estimate of drug-likeness (QED) is 0.183. The van der Waals surface area contributed by atoms with Crippen LogP contribution in [0.4, 0.5) is 0 Å². The van der Waals surface area contributed by atoms with Crippen molar-refractivity contribution in [1.82, 2.24) is 0 Å². The van der Waals surface area contributed by atoms with Gasteiger partial charge in [0.25, 0.3) is 6.47 Å². The van der Waals surface area contributed by atoms with E-state index in [-0.39, 0.29) is 166 Å². The van der Waals surface area contributed by atoms with Gasteiger partial charge in [-0.05, 0) is 13.8 Å². The van der Waals surface area contributed by atoms with E-state index in [1.165, 1.54) is 0 Å². The molecule has 0 aliphatic rings. The molecular weight excluding hydrogens is 460 g/mol. The summed E-state index contributed by atoms with van der Waals surface area (Å²) in [5.74, 6) is -1.86. The summed E-state index contributed by atoms with van der Waals surface area (Å²) < 4.78 is 9.49. The largest absolute Gasteiger partial charge is 1.00 e.